The largest absolute Gasteiger partial charge is 0.378 e. The summed E-state index contributed by atoms with van der Waals surface area (Å²) in [5, 5.41) is 13.0. The average molecular weight is 596 g/mol. The molecule has 2 amide bonds. The third-order valence-electron chi connectivity index (χ3n) is 7.14. The van der Waals surface area contributed by atoms with Crippen molar-refractivity contribution in [3.63, 3.8) is 0 Å². The Balaban J connectivity index is 1.44. The van der Waals surface area contributed by atoms with E-state index in [1.54, 1.807) is 52.4 Å². The van der Waals surface area contributed by atoms with Crippen molar-refractivity contribution in [1.29, 1.82) is 0 Å². The number of aryl methyl sites for hydroxylation is 1. The van der Waals surface area contributed by atoms with Crippen LogP contribution in [0.3, 0.4) is 0 Å². The zero-order valence-electron chi connectivity index (χ0n) is 23.8. The molecule has 0 saturated heterocycles. The molecule has 13 heteroatoms. The highest BCUT2D eigenvalue weighted by molar-refractivity contribution is 7.82. The van der Waals surface area contributed by atoms with Crippen molar-refractivity contribution >= 4 is 40.0 Å². The van der Waals surface area contributed by atoms with Gasteiger partial charge in [0.1, 0.15) is 28.3 Å². The molecule has 0 saturated carbocycles. The van der Waals surface area contributed by atoms with Crippen molar-refractivity contribution < 1.29 is 22.6 Å². The summed E-state index contributed by atoms with van der Waals surface area (Å²) >= 11 is 0. The van der Waals surface area contributed by atoms with Gasteiger partial charge in [-0.25, -0.2) is 17.3 Å². The SMILES string of the molecule is CN(C)c1ccc(C(=O)Nc2n[nH]c3c2CN(S(=O)c2cc(F)cc(F)c2)CC3(C)C)c(NC(=O)c2cccn2C)c1. The lowest BCUT2D eigenvalue weighted by molar-refractivity contribution is 0.101. The molecule has 2 aromatic carbocycles. The van der Waals surface area contributed by atoms with E-state index in [4.69, 9.17) is 0 Å². The molecule has 0 aliphatic carbocycles. The first-order valence-electron chi connectivity index (χ1n) is 13.1. The number of carbonyl (C=O) groups excluding carboxylic acids is 2. The zero-order chi connectivity index (χ0) is 30.3. The molecule has 10 nitrogen and oxygen atoms in total. The highest BCUT2D eigenvalue weighted by atomic mass is 32.2. The minimum absolute atomic E-state index is 0.000387. The molecule has 1 atom stereocenters. The number of aromatic nitrogens is 3. The second kappa shape index (κ2) is 11.1. The monoisotopic (exact) mass is 595 g/mol. The predicted octanol–water partition coefficient (Wildman–Crippen LogP) is 4.41. The van der Waals surface area contributed by atoms with Gasteiger partial charge in [-0.05, 0) is 42.5 Å². The number of H-pyrrole nitrogens is 1. The summed E-state index contributed by atoms with van der Waals surface area (Å²) in [7, 11) is 3.58. The Bertz CT molecular complexity index is 1690. The lowest BCUT2D eigenvalue weighted by Crippen LogP contribution is -2.43. The van der Waals surface area contributed by atoms with Gasteiger partial charge < -0.3 is 20.1 Å². The van der Waals surface area contributed by atoms with Gasteiger partial charge in [-0.2, -0.15) is 5.10 Å². The van der Waals surface area contributed by atoms with E-state index in [2.05, 4.69) is 20.8 Å². The average Bonchev–Trinajstić information content (AvgIpc) is 3.53. The van der Waals surface area contributed by atoms with Crippen LogP contribution in [0.15, 0.2) is 59.6 Å². The summed E-state index contributed by atoms with van der Waals surface area (Å²) in [5.41, 5.74) is 2.50. The van der Waals surface area contributed by atoms with Gasteiger partial charge in [-0.1, -0.05) is 13.8 Å². The second-order valence-corrected chi connectivity index (χ2v) is 12.5. The van der Waals surface area contributed by atoms with Crippen molar-refractivity contribution in [2.75, 3.05) is 36.2 Å². The number of amides is 2. The molecule has 1 unspecified atom stereocenters. The molecule has 1 aliphatic rings. The molecule has 1 aliphatic heterocycles. The van der Waals surface area contributed by atoms with E-state index < -0.39 is 33.9 Å². The third-order valence-corrected chi connectivity index (χ3v) is 8.51. The van der Waals surface area contributed by atoms with Crippen LogP contribution in [0.5, 0.6) is 0 Å². The van der Waals surface area contributed by atoms with Crippen molar-refractivity contribution in [2.45, 2.75) is 30.7 Å². The normalized spacial score (nSPS) is 15.1. The Kier molecular flexibility index (Phi) is 7.73. The maximum Gasteiger partial charge on any atom is 0.272 e. The molecule has 0 fully saturated rings. The predicted molar refractivity (Wildman–Crippen MR) is 157 cm³/mol. The molecule has 5 rings (SSSR count). The van der Waals surface area contributed by atoms with Gasteiger partial charge in [-0.3, -0.25) is 14.7 Å². The molecule has 3 heterocycles. The van der Waals surface area contributed by atoms with Crippen LogP contribution in [0, 0.1) is 11.6 Å². The molecule has 0 spiro atoms. The van der Waals surface area contributed by atoms with Crippen molar-refractivity contribution in [3.05, 3.63) is 88.9 Å². The standard InChI is InChI=1S/C29H31F2N7O3S/c1-29(2)16-38(42(41)20-12-17(30)11-18(31)13-20)15-22-25(29)34-35-26(22)33-27(39)21-9-8-19(36(3)4)14-23(21)32-28(40)24-7-6-10-37(24)5/h6-14H,15-16H2,1-5H3,(H,32,40)(H2,33,34,35,39). The number of nitrogens with zero attached hydrogens (tertiary/aromatic N) is 4. The molecule has 3 N–H and O–H groups in total. The number of benzene rings is 2. The summed E-state index contributed by atoms with van der Waals surface area (Å²) in [6, 6.07) is 11.3. The van der Waals surface area contributed by atoms with E-state index in [1.165, 1.54) is 0 Å². The van der Waals surface area contributed by atoms with Gasteiger partial charge in [0.05, 0.1) is 16.1 Å². The Hall–Kier alpha value is -4.36. The van der Waals surface area contributed by atoms with Crippen LogP contribution in [0.2, 0.25) is 0 Å². The first kappa shape index (κ1) is 29.1. The number of nitrogens with one attached hydrogen (secondary N) is 3. The van der Waals surface area contributed by atoms with Gasteiger partial charge in [0.25, 0.3) is 11.8 Å². The molecule has 4 aromatic rings. The summed E-state index contributed by atoms with van der Waals surface area (Å²) < 4.78 is 44.4. The molecule has 0 bridgehead atoms. The number of fused-ring (bicyclic) bond motifs is 1. The Morgan fingerprint density at radius 3 is 2.40 bits per heavy atom. The van der Waals surface area contributed by atoms with Crippen molar-refractivity contribution in [2.24, 2.45) is 7.05 Å². The first-order chi connectivity index (χ1) is 19.8. The van der Waals surface area contributed by atoms with Gasteiger partial charge in [0.2, 0.25) is 0 Å². The van der Waals surface area contributed by atoms with Crippen molar-refractivity contribution in [1.82, 2.24) is 19.1 Å². The van der Waals surface area contributed by atoms with Crippen LogP contribution in [0.4, 0.5) is 26.0 Å². The van der Waals surface area contributed by atoms with Gasteiger partial charge in [0, 0.05) is 68.9 Å². The van der Waals surface area contributed by atoms with Crippen LogP contribution >= 0.6 is 0 Å². The number of hydrogen-bond acceptors (Lipinski definition) is 5. The van der Waals surface area contributed by atoms with E-state index in [1.807, 2.05) is 32.8 Å². The second-order valence-electron chi connectivity index (χ2n) is 11.0. The summed E-state index contributed by atoms with van der Waals surface area (Å²) in [4.78, 5) is 28.5. The third kappa shape index (κ3) is 5.70. The van der Waals surface area contributed by atoms with Gasteiger partial charge in [0.15, 0.2) is 5.82 Å². The lowest BCUT2D eigenvalue weighted by atomic mass is 9.84. The van der Waals surface area contributed by atoms with Gasteiger partial charge in [-0.15, -0.1) is 0 Å². The molecular formula is C29H31F2N7O3S. The van der Waals surface area contributed by atoms with Crippen LogP contribution in [0.25, 0.3) is 0 Å². The summed E-state index contributed by atoms with van der Waals surface area (Å²) in [6.07, 6.45) is 1.75. The van der Waals surface area contributed by atoms with Crippen LogP contribution < -0.4 is 15.5 Å². The quantitative estimate of drug-likeness (QED) is 0.293. The van der Waals surface area contributed by atoms with Crippen LogP contribution in [-0.4, -0.2) is 55.7 Å². The maximum atomic E-state index is 13.9. The number of halogens is 2. The highest BCUT2D eigenvalue weighted by Crippen LogP contribution is 2.37. The zero-order valence-corrected chi connectivity index (χ0v) is 24.6. The Morgan fingerprint density at radius 1 is 1.05 bits per heavy atom. The smallest absolute Gasteiger partial charge is 0.272 e. The first-order valence-corrected chi connectivity index (χ1v) is 14.2. The van der Waals surface area contributed by atoms with Crippen LogP contribution in [-0.2, 0) is 30.0 Å². The number of rotatable bonds is 7. The Morgan fingerprint density at radius 2 is 1.76 bits per heavy atom. The number of carbonyl (C=O) groups is 2. The Labute approximate surface area is 244 Å². The fraction of sp³-hybridized carbons (Fsp3) is 0.276. The minimum Gasteiger partial charge on any atom is -0.378 e. The highest BCUT2D eigenvalue weighted by Gasteiger charge is 2.38. The van der Waals surface area contributed by atoms with E-state index in [0.29, 0.717) is 23.5 Å². The van der Waals surface area contributed by atoms with Crippen LogP contribution in [0.1, 0.15) is 46.0 Å². The molecule has 2 aromatic heterocycles. The summed E-state index contributed by atoms with van der Waals surface area (Å²) in [5.74, 6) is -2.30. The number of anilines is 3. The van der Waals surface area contributed by atoms with E-state index >= 15 is 0 Å². The number of aromatic amines is 1. The van der Waals surface area contributed by atoms with Crippen molar-refractivity contribution in [3.8, 4) is 0 Å². The molecule has 42 heavy (non-hydrogen) atoms. The molecule has 0 radical (unpaired) electrons. The topological polar surface area (TPSA) is 115 Å². The lowest BCUT2D eigenvalue weighted by Gasteiger charge is -2.36. The molecular weight excluding hydrogens is 564 g/mol. The van der Waals surface area contributed by atoms with E-state index in [0.717, 1.165) is 29.6 Å². The van der Waals surface area contributed by atoms with Gasteiger partial charge >= 0.3 is 0 Å². The summed E-state index contributed by atoms with van der Waals surface area (Å²) in [6.45, 7) is 4.25. The fourth-order valence-corrected chi connectivity index (χ4v) is 6.41. The number of hydrogen-bond donors (Lipinski definition) is 3. The van der Waals surface area contributed by atoms with E-state index in [9.17, 15) is 22.6 Å². The minimum atomic E-state index is -1.87. The van der Waals surface area contributed by atoms with E-state index in [-0.39, 0.29) is 28.7 Å². The molecule has 220 valence electrons. The maximum absolute atomic E-state index is 13.9. The fourth-order valence-electron chi connectivity index (χ4n) is 5.00.